The lowest BCUT2D eigenvalue weighted by molar-refractivity contribution is 0.193. The van der Waals surface area contributed by atoms with Crippen molar-refractivity contribution < 1.29 is 0 Å². The Morgan fingerprint density at radius 1 is 0.610 bits per heavy atom. The second kappa shape index (κ2) is 18.0. The Labute approximate surface area is 270 Å². The normalized spacial score (nSPS) is 18.8. The van der Waals surface area contributed by atoms with Crippen LogP contribution in [0.5, 0.6) is 0 Å². The van der Waals surface area contributed by atoms with Crippen molar-refractivity contribution in [3.63, 3.8) is 0 Å². The number of benzene rings is 4. The van der Waals surface area contributed by atoms with Gasteiger partial charge in [-0.1, -0.05) is 133 Å². The van der Waals surface area contributed by atoms with Gasteiger partial charge >= 0.3 is 0 Å². The van der Waals surface area contributed by atoms with Crippen molar-refractivity contribution in [3.8, 4) is 0 Å². The molecule has 2 fully saturated rings. The minimum atomic E-state index is 0.445. The average molecular weight is 743 g/mol. The molecule has 3 N–H and O–H groups in total. The first-order valence-corrected chi connectivity index (χ1v) is 16.9. The van der Waals surface area contributed by atoms with Crippen molar-refractivity contribution in [2.45, 2.75) is 24.0 Å². The van der Waals surface area contributed by atoms with E-state index in [-0.39, 0.29) is 0 Å². The van der Waals surface area contributed by atoms with Gasteiger partial charge < -0.3 is 16.0 Å². The first kappa shape index (κ1) is 32.1. The lowest BCUT2D eigenvalue weighted by atomic mass is 10.0. The fourth-order valence-corrected chi connectivity index (χ4v) is 5.76. The Kier molecular flexibility index (Phi) is 14.1. The van der Waals surface area contributed by atoms with E-state index in [9.17, 15) is 0 Å². The molecule has 0 spiro atoms. The molecule has 4 aromatic rings. The molecule has 0 aliphatic carbocycles. The molecule has 4 nitrogen and oxygen atoms in total. The third kappa shape index (κ3) is 11.4. The van der Waals surface area contributed by atoms with E-state index in [1.165, 1.54) is 22.3 Å². The van der Waals surface area contributed by atoms with Crippen LogP contribution in [0.2, 0.25) is 0 Å². The lowest BCUT2D eigenvalue weighted by Crippen LogP contribution is -2.45. The largest absolute Gasteiger partial charge is 0.314 e. The van der Waals surface area contributed by atoms with Gasteiger partial charge in [0.05, 0.1) is 0 Å². The highest BCUT2D eigenvalue weighted by Crippen LogP contribution is 2.19. The molecule has 0 radical (unpaired) electrons. The molecule has 2 atom stereocenters. The Balaban J connectivity index is 0.000000156. The second-order valence-electron chi connectivity index (χ2n) is 10.2. The molecular formula is C34H39Br3N4. The van der Waals surface area contributed by atoms with Crippen LogP contribution < -0.4 is 16.0 Å². The Morgan fingerprint density at radius 3 is 1.68 bits per heavy atom. The van der Waals surface area contributed by atoms with E-state index in [0.717, 1.165) is 60.1 Å². The summed E-state index contributed by atoms with van der Waals surface area (Å²) in [4.78, 5) is 2.53. The van der Waals surface area contributed by atoms with Gasteiger partial charge in [-0.2, -0.15) is 0 Å². The highest BCUT2D eigenvalue weighted by atomic mass is 79.9. The number of halogens is 3. The van der Waals surface area contributed by atoms with E-state index >= 15 is 0 Å². The summed E-state index contributed by atoms with van der Waals surface area (Å²) in [5.74, 6) is 0. The maximum atomic E-state index is 3.61. The van der Waals surface area contributed by atoms with Gasteiger partial charge in [0.2, 0.25) is 0 Å². The molecule has 0 aromatic heterocycles. The van der Waals surface area contributed by atoms with Crippen LogP contribution >= 0.6 is 47.8 Å². The van der Waals surface area contributed by atoms with Gasteiger partial charge in [-0.15, -0.1) is 0 Å². The lowest BCUT2D eigenvalue weighted by Gasteiger charge is -2.34. The van der Waals surface area contributed by atoms with Crippen LogP contribution in [-0.4, -0.2) is 44.2 Å². The molecule has 216 valence electrons. The van der Waals surface area contributed by atoms with Crippen molar-refractivity contribution in [2.75, 3.05) is 39.3 Å². The van der Waals surface area contributed by atoms with E-state index in [2.05, 4.69) is 166 Å². The van der Waals surface area contributed by atoms with E-state index in [4.69, 9.17) is 0 Å². The maximum absolute atomic E-state index is 3.61. The van der Waals surface area contributed by atoms with Gasteiger partial charge in [0.25, 0.3) is 0 Å². The molecule has 4 aromatic carbocycles. The Bertz CT molecular complexity index is 1250. The molecular weight excluding hydrogens is 704 g/mol. The predicted molar refractivity (Wildman–Crippen MR) is 183 cm³/mol. The standard InChI is InChI=1S/C17H19BrN2.C10H14N2.C7H6Br2/c18-16-8-6-14(7-9-16)12-20-11-10-19-17(13-20)15-4-2-1-3-5-15;1-2-4-9(5-3-1)10-8-11-6-7-12-10;8-5-6-1-3-7(9)4-2-6/h1-9,17,19H,10-13H2;1-5,10-12H,6-8H2;1-4H,5H2. The maximum Gasteiger partial charge on any atom is 0.0449 e. The quantitative estimate of drug-likeness (QED) is 0.182. The minimum absolute atomic E-state index is 0.445. The van der Waals surface area contributed by atoms with Gasteiger partial charge in [-0.05, 0) is 46.5 Å². The third-order valence-electron chi connectivity index (χ3n) is 7.09. The van der Waals surface area contributed by atoms with Gasteiger partial charge in [-0.3, -0.25) is 4.90 Å². The minimum Gasteiger partial charge on any atom is -0.314 e. The van der Waals surface area contributed by atoms with Crippen molar-refractivity contribution in [3.05, 3.63) is 140 Å². The highest BCUT2D eigenvalue weighted by molar-refractivity contribution is 9.10. The molecule has 41 heavy (non-hydrogen) atoms. The average Bonchev–Trinajstić information content (AvgIpc) is 3.05. The van der Waals surface area contributed by atoms with Crippen molar-refractivity contribution in [1.82, 2.24) is 20.9 Å². The Hall–Kier alpha value is -1.84. The zero-order chi connectivity index (χ0) is 28.7. The summed E-state index contributed by atoms with van der Waals surface area (Å²) in [6, 6.07) is 39.1. The van der Waals surface area contributed by atoms with E-state index in [1.807, 2.05) is 12.1 Å². The molecule has 0 bridgehead atoms. The summed E-state index contributed by atoms with van der Waals surface area (Å²) >= 11 is 10.2. The van der Waals surface area contributed by atoms with Crippen LogP contribution in [0, 0.1) is 0 Å². The number of piperazine rings is 2. The molecule has 2 heterocycles. The van der Waals surface area contributed by atoms with Gasteiger partial charge in [-0.25, -0.2) is 0 Å². The Morgan fingerprint density at radius 2 is 1.15 bits per heavy atom. The number of rotatable bonds is 5. The highest BCUT2D eigenvalue weighted by Gasteiger charge is 2.20. The molecule has 7 heteroatoms. The fraction of sp³-hybridized carbons (Fsp3) is 0.294. The summed E-state index contributed by atoms with van der Waals surface area (Å²) < 4.78 is 2.27. The first-order valence-electron chi connectivity index (χ1n) is 14.2. The van der Waals surface area contributed by atoms with Crippen molar-refractivity contribution >= 4 is 47.8 Å². The fourth-order valence-electron chi connectivity index (χ4n) is 4.86. The monoisotopic (exact) mass is 740 g/mol. The summed E-state index contributed by atoms with van der Waals surface area (Å²) in [7, 11) is 0. The molecule has 0 amide bonds. The number of hydrogen-bond acceptors (Lipinski definition) is 4. The summed E-state index contributed by atoms with van der Waals surface area (Å²) in [6.07, 6.45) is 0. The number of alkyl halides is 1. The zero-order valence-electron chi connectivity index (χ0n) is 23.3. The number of hydrogen-bond donors (Lipinski definition) is 3. The van der Waals surface area contributed by atoms with Crippen LogP contribution in [0.15, 0.2) is 118 Å². The SMILES string of the molecule is BrCc1ccc(Br)cc1.Brc1ccc(CN2CCNC(c3ccccc3)C2)cc1.c1ccc(C2CNCCN2)cc1. The zero-order valence-corrected chi connectivity index (χ0v) is 28.0. The second-order valence-corrected chi connectivity index (χ2v) is 12.6. The molecule has 6 rings (SSSR count). The number of nitrogens with one attached hydrogen (secondary N) is 3. The van der Waals surface area contributed by atoms with Crippen molar-refractivity contribution in [2.24, 2.45) is 0 Å². The van der Waals surface area contributed by atoms with Gasteiger partial charge in [0.1, 0.15) is 0 Å². The predicted octanol–water partition coefficient (Wildman–Crippen LogP) is 7.86. The van der Waals surface area contributed by atoms with Crippen LogP contribution in [0.3, 0.4) is 0 Å². The number of nitrogens with zero attached hydrogens (tertiary/aromatic N) is 1. The van der Waals surface area contributed by atoms with Crippen LogP contribution in [-0.2, 0) is 11.9 Å². The topological polar surface area (TPSA) is 39.3 Å². The molecule has 2 aliphatic rings. The molecule has 2 unspecified atom stereocenters. The summed E-state index contributed by atoms with van der Waals surface area (Å²) in [6.45, 7) is 7.46. The third-order valence-corrected chi connectivity index (χ3v) is 8.80. The van der Waals surface area contributed by atoms with Crippen LogP contribution in [0.1, 0.15) is 34.3 Å². The summed E-state index contributed by atoms with van der Waals surface area (Å²) in [5, 5.41) is 11.4. The molecule has 0 saturated carbocycles. The van der Waals surface area contributed by atoms with Crippen LogP contribution in [0.25, 0.3) is 0 Å². The van der Waals surface area contributed by atoms with Crippen molar-refractivity contribution in [1.29, 1.82) is 0 Å². The van der Waals surface area contributed by atoms with Gasteiger partial charge in [0, 0.05) is 72.2 Å². The van der Waals surface area contributed by atoms with Crippen LogP contribution in [0.4, 0.5) is 0 Å². The summed E-state index contributed by atoms with van der Waals surface area (Å²) in [5.41, 5.74) is 5.44. The van der Waals surface area contributed by atoms with E-state index < -0.39 is 0 Å². The van der Waals surface area contributed by atoms with E-state index in [1.54, 1.807) is 0 Å². The van der Waals surface area contributed by atoms with Gasteiger partial charge in [0.15, 0.2) is 0 Å². The first-order chi connectivity index (χ1) is 20.1. The molecule has 2 saturated heterocycles. The molecule has 2 aliphatic heterocycles. The smallest absolute Gasteiger partial charge is 0.0449 e. The van der Waals surface area contributed by atoms with E-state index in [0.29, 0.717) is 12.1 Å².